The molecule has 0 bridgehead atoms. The number of alkyl halides is 3. The number of pyridine rings is 1. The Kier molecular flexibility index (Phi) is 6.67. The van der Waals surface area contributed by atoms with Crippen molar-refractivity contribution in [2.75, 3.05) is 13.1 Å². The Morgan fingerprint density at radius 2 is 1.79 bits per heavy atom. The van der Waals surface area contributed by atoms with Gasteiger partial charge in [0.15, 0.2) is 0 Å². The molecule has 1 atom stereocenters. The number of ether oxygens (including phenoxy) is 1. The van der Waals surface area contributed by atoms with Crippen molar-refractivity contribution >= 4 is 21.6 Å². The number of hydrogen-bond donors (Lipinski definition) is 2. The molecule has 0 aliphatic carbocycles. The topological polar surface area (TPSA) is 80.3 Å². The highest BCUT2D eigenvalue weighted by molar-refractivity contribution is 7.89. The fraction of sp³-hybridized carbons (Fsp3) is 0.389. The van der Waals surface area contributed by atoms with Gasteiger partial charge in [0, 0.05) is 6.20 Å². The second-order valence-electron chi connectivity index (χ2n) is 6.61. The predicted octanol–water partition coefficient (Wildman–Crippen LogP) is 3.65. The summed E-state index contributed by atoms with van der Waals surface area (Å²) in [5.41, 5.74) is 0.530. The molecule has 1 saturated heterocycles. The zero-order valence-electron chi connectivity index (χ0n) is 15.1. The molecule has 11 heteroatoms. The maximum atomic E-state index is 12.9. The monoisotopic (exact) mass is 449 g/mol. The van der Waals surface area contributed by atoms with Crippen LogP contribution in [0.15, 0.2) is 47.5 Å². The zero-order chi connectivity index (χ0) is 21.1. The summed E-state index contributed by atoms with van der Waals surface area (Å²) in [6.07, 6.45) is -1.91. The Labute approximate surface area is 171 Å². The van der Waals surface area contributed by atoms with Crippen LogP contribution in [-0.4, -0.2) is 32.9 Å². The van der Waals surface area contributed by atoms with Gasteiger partial charge >= 0.3 is 6.36 Å². The van der Waals surface area contributed by atoms with Gasteiger partial charge in [0.25, 0.3) is 0 Å². The molecule has 158 valence electrons. The largest absolute Gasteiger partial charge is 0.573 e. The Bertz CT molecular complexity index is 916. The number of nitrogens with one attached hydrogen (secondary N) is 2. The second-order valence-corrected chi connectivity index (χ2v) is 8.76. The van der Waals surface area contributed by atoms with Gasteiger partial charge in [-0.25, -0.2) is 13.1 Å². The Hall–Kier alpha value is -1.88. The van der Waals surface area contributed by atoms with Gasteiger partial charge < -0.3 is 10.1 Å². The molecule has 1 aliphatic heterocycles. The second kappa shape index (κ2) is 8.86. The van der Waals surface area contributed by atoms with Crippen molar-refractivity contribution in [3.63, 3.8) is 0 Å². The molecule has 1 aliphatic rings. The predicted molar refractivity (Wildman–Crippen MR) is 101 cm³/mol. The quantitative estimate of drug-likeness (QED) is 0.703. The van der Waals surface area contributed by atoms with Crippen LogP contribution in [0.1, 0.15) is 24.6 Å². The van der Waals surface area contributed by atoms with Crippen molar-refractivity contribution in [1.82, 2.24) is 15.0 Å². The third-order valence-corrected chi connectivity index (χ3v) is 6.25. The minimum Gasteiger partial charge on any atom is -0.406 e. The van der Waals surface area contributed by atoms with Crippen molar-refractivity contribution in [2.24, 2.45) is 5.92 Å². The highest BCUT2D eigenvalue weighted by Crippen LogP contribution is 2.31. The third-order valence-electron chi connectivity index (χ3n) is 4.57. The minimum atomic E-state index is -4.85. The number of nitrogens with zero attached hydrogens (tertiary/aromatic N) is 1. The van der Waals surface area contributed by atoms with Crippen LogP contribution in [0.3, 0.4) is 0 Å². The van der Waals surface area contributed by atoms with Crippen molar-refractivity contribution in [2.45, 2.75) is 30.1 Å². The van der Waals surface area contributed by atoms with E-state index in [4.69, 9.17) is 11.6 Å². The Morgan fingerprint density at radius 1 is 1.14 bits per heavy atom. The lowest BCUT2D eigenvalue weighted by molar-refractivity contribution is -0.274. The fourth-order valence-corrected chi connectivity index (χ4v) is 4.59. The van der Waals surface area contributed by atoms with Gasteiger partial charge in [-0.15, -0.1) is 13.2 Å². The SMILES string of the molecule is O=S(=O)(N[C@@H](c1ccc(Cl)cn1)C1CCNCC1)c1ccc(OC(F)(F)F)cc1. The van der Waals surface area contributed by atoms with E-state index in [1.807, 2.05) is 0 Å². The van der Waals surface area contributed by atoms with E-state index in [-0.39, 0.29) is 10.8 Å². The van der Waals surface area contributed by atoms with E-state index < -0.39 is 28.2 Å². The summed E-state index contributed by atoms with van der Waals surface area (Å²) in [5.74, 6) is -0.488. The van der Waals surface area contributed by atoms with Gasteiger partial charge in [-0.2, -0.15) is 0 Å². The Balaban J connectivity index is 1.84. The van der Waals surface area contributed by atoms with Gasteiger partial charge in [-0.1, -0.05) is 11.6 Å². The number of piperidine rings is 1. The number of hydrogen-bond acceptors (Lipinski definition) is 5. The van der Waals surface area contributed by atoms with Crippen LogP contribution in [0, 0.1) is 5.92 Å². The van der Waals surface area contributed by atoms with Crippen LogP contribution in [0.5, 0.6) is 5.75 Å². The van der Waals surface area contributed by atoms with E-state index in [1.165, 1.54) is 6.20 Å². The molecule has 1 fully saturated rings. The van der Waals surface area contributed by atoms with Crippen LogP contribution in [-0.2, 0) is 10.0 Å². The van der Waals surface area contributed by atoms with Crippen LogP contribution < -0.4 is 14.8 Å². The molecule has 0 unspecified atom stereocenters. The standard InChI is InChI=1S/C18H19ClF3N3O3S/c19-13-1-6-16(24-11-13)17(12-7-9-23-10-8-12)25-29(26,27)15-4-2-14(3-5-15)28-18(20,21)22/h1-6,11-12,17,23,25H,7-10H2/t17-/m1/s1. The number of benzene rings is 1. The lowest BCUT2D eigenvalue weighted by Crippen LogP contribution is -2.39. The molecule has 2 aromatic rings. The molecule has 0 spiro atoms. The van der Waals surface area contributed by atoms with Crippen LogP contribution >= 0.6 is 11.6 Å². The first-order valence-electron chi connectivity index (χ1n) is 8.84. The van der Waals surface area contributed by atoms with Crippen molar-refractivity contribution < 1.29 is 26.3 Å². The summed E-state index contributed by atoms with van der Waals surface area (Å²) in [4.78, 5) is 4.10. The molecule has 0 radical (unpaired) electrons. The highest BCUT2D eigenvalue weighted by atomic mass is 35.5. The van der Waals surface area contributed by atoms with Gasteiger partial charge in [0.2, 0.25) is 10.0 Å². The van der Waals surface area contributed by atoms with Crippen LogP contribution in [0.4, 0.5) is 13.2 Å². The third kappa shape index (κ3) is 6.05. The molecule has 6 nitrogen and oxygen atoms in total. The Morgan fingerprint density at radius 3 is 2.34 bits per heavy atom. The van der Waals surface area contributed by atoms with Crippen LogP contribution in [0.2, 0.25) is 5.02 Å². The van der Waals surface area contributed by atoms with E-state index in [9.17, 15) is 21.6 Å². The summed E-state index contributed by atoms with van der Waals surface area (Å²) in [5, 5.41) is 3.66. The molecule has 0 amide bonds. The molecule has 0 saturated carbocycles. The van der Waals surface area contributed by atoms with Crippen LogP contribution in [0.25, 0.3) is 0 Å². The zero-order valence-corrected chi connectivity index (χ0v) is 16.7. The average molecular weight is 450 g/mol. The smallest absolute Gasteiger partial charge is 0.406 e. The molecule has 2 N–H and O–H groups in total. The number of rotatable bonds is 6. The molecular formula is C18H19ClF3N3O3S. The fourth-order valence-electron chi connectivity index (χ4n) is 3.20. The summed E-state index contributed by atoms with van der Waals surface area (Å²) in [6.45, 7) is 1.50. The van der Waals surface area contributed by atoms with E-state index in [2.05, 4.69) is 19.8 Å². The lowest BCUT2D eigenvalue weighted by atomic mass is 9.89. The first-order valence-corrected chi connectivity index (χ1v) is 10.7. The lowest BCUT2D eigenvalue weighted by Gasteiger charge is -2.31. The number of sulfonamides is 1. The van der Waals surface area contributed by atoms with Crippen molar-refractivity contribution in [3.8, 4) is 5.75 Å². The summed E-state index contributed by atoms with van der Waals surface area (Å²) >= 11 is 5.89. The van der Waals surface area contributed by atoms with Crippen molar-refractivity contribution in [1.29, 1.82) is 0 Å². The summed E-state index contributed by atoms with van der Waals surface area (Å²) in [7, 11) is -4.01. The van der Waals surface area contributed by atoms with E-state index in [0.29, 0.717) is 10.7 Å². The first-order chi connectivity index (χ1) is 13.6. The molecule has 29 heavy (non-hydrogen) atoms. The molecule has 3 rings (SSSR count). The number of halogens is 4. The minimum absolute atomic E-state index is 0.00698. The van der Waals surface area contributed by atoms with E-state index >= 15 is 0 Å². The molecule has 1 aromatic heterocycles. The maximum absolute atomic E-state index is 12.9. The van der Waals surface area contributed by atoms with E-state index in [0.717, 1.165) is 50.2 Å². The molecule has 2 heterocycles. The summed E-state index contributed by atoms with van der Waals surface area (Å²) < 4.78 is 69.1. The highest BCUT2D eigenvalue weighted by Gasteiger charge is 2.32. The normalized spacial score (nSPS) is 17.1. The summed E-state index contributed by atoms with van der Waals surface area (Å²) in [6, 6.07) is 6.76. The average Bonchev–Trinajstić information content (AvgIpc) is 2.67. The van der Waals surface area contributed by atoms with Crippen molar-refractivity contribution in [3.05, 3.63) is 53.3 Å². The van der Waals surface area contributed by atoms with E-state index in [1.54, 1.807) is 12.1 Å². The van der Waals surface area contributed by atoms with Gasteiger partial charge in [0.1, 0.15) is 5.75 Å². The van der Waals surface area contributed by atoms with Gasteiger partial charge in [-0.3, -0.25) is 4.98 Å². The molecular weight excluding hydrogens is 431 g/mol. The first kappa shape index (κ1) is 21.8. The molecule has 1 aromatic carbocycles. The maximum Gasteiger partial charge on any atom is 0.573 e. The van der Waals surface area contributed by atoms with Gasteiger partial charge in [-0.05, 0) is 68.2 Å². The van der Waals surface area contributed by atoms with Gasteiger partial charge in [0.05, 0.1) is 21.7 Å². The number of aromatic nitrogens is 1.